The van der Waals surface area contributed by atoms with Crippen LogP contribution in [0.25, 0.3) is 16.7 Å². The minimum atomic E-state index is -4.27. The lowest BCUT2D eigenvalue weighted by molar-refractivity contribution is 0.463. The van der Waals surface area contributed by atoms with E-state index in [4.69, 9.17) is 5.26 Å². The van der Waals surface area contributed by atoms with Gasteiger partial charge in [0.1, 0.15) is 17.1 Å². The van der Waals surface area contributed by atoms with Crippen molar-refractivity contribution >= 4 is 32.5 Å². The first-order valence-corrected chi connectivity index (χ1v) is 8.16. The standard InChI is InChI=1S/C13H12N6O3S/c1-18(4-5-23(20,21)22)10-2-3-11-12(6-10)19-13(17-16-11)9(7-14)8-15-19/h2-3,6,8H,4-5H2,1H3,(H,20,21,22)/p-1. The van der Waals surface area contributed by atoms with Crippen molar-refractivity contribution in [3.63, 3.8) is 0 Å². The molecule has 0 spiro atoms. The van der Waals surface area contributed by atoms with E-state index in [2.05, 4.69) is 15.3 Å². The molecule has 3 rings (SSSR count). The molecule has 0 bridgehead atoms. The number of benzene rings is 1. The maximum absolute atomic E-state index is 10.7. The van der Waals surface area contributed by atoms with Crippen molar-refractivity contribution in [2.75, 3.05) is 24.2 Å². The van der Waals surface area contributed by atoms with Gasteiger partial charge in [-0.25, -0.2) is 12.9 Å². The Labute approximate surface area is 131 Å². The van der Waals surface area contributed by atoms with Gasteiger partial charge < -0.3 is 9.45 Å². The highest BCUT2D eigenvalue weighted by Crippen LogP contribution is 2.21. The van der Waals surface area contributed by atoms with E-state index in [0.29, 0.717) is 27.9 Å². The zero-order valence-corrected chi connectivity index (χ0v) is 12.9. The molecule has 2 heterocycles. The molecule has 0 aliphatic carbocycles. The second-order valence-corrected chi connectivity index (χ2v) is 6.49. The summed E-state index contributed by atoms with van der Waals surface area (Å²) in [6.45, 7) is 0.0710. The molecule has 3 aromatic rings. The summed E-state index contributed by atoms with van der Waals surface area (Å²) in [6.07, 6.45) is 1.41. The van der Waals surface area contributed by atoms with Gasteiger partial charge in [-0.05, 0) is 18.2 Å². The second kappa shape index (κ2) is 5.45. The molecule has 9 nitrogen and oxygen atoms in total. The van der Waals surface area contributed by atoms with E-state index in [1.54, 1.807) is 30.1 Å². The molecule has 10 heteroatoms. The van der Waals surface area contributed by atoms with E-state index >= 15 is 0 Å². The summed E-state index contributed by atoms with van der Waals surface area (Å²) in [7, 11) is -2.59. The number of nitrogens with zero attached hydrogens (tertiary/aromatic N) is 6. The summed E-state index contributed by atoms with van der Waals surface area (Å²) in [5.74, 6) is -0.480. The molecular weight excluding hydrogens is 320 g/mol. The van der Waals surface area contributed by atoms with Crippen LogP contribution in [0.4, 0.5) is 5.69 Å². The maximum atomic E-state index is 10.7. The van der Waals surface area contributed by atoms with Gasteiger partial charge in [-0.15, -0.1) is 10.2 Å². The highest BCUT2D eigenvalue weighted by molar-refractivity contribution is 7.85. The van der Waals surface area contributed by atoms with Crippen molar-refractivity contribution in [2.24, 2.45) is 0 Å². The summed E-state index contributed by atoms with van der Waals surface area (Å²) in [4.78, 5) is 1.65. The zero-order valence-electron chi connectivity index (χ0n) is 12.0. The van der Waals surface area contributed by atoms with Crippen molar-refractivity contribution in [1.82, 2.24) is 19.8 Å². The third kappa shape index (κ3) is 2.92. The lowest BCUT2D eigenvalue weighted by Gasteiger charge is -2.20. The molecule has 0 radical (unpaired) electrons. The highest BCUT2D eigenvalue weighted by atomic mass is 32.2. The Morgan fingerprint density at radius 3 is 2.87 bits per heavy atom. The normalized spacial score (nSPS) is 11.7. The molecule has 0 aliphatic heterocycles. The second-order valence-electron chi connectivity index (χ2n) is 4.96. The van der Waals surface area contributed by atoms with E-state index in [9.17, 15) is 13.0 Å². The number of nitriles is 1. The largest absolute Gasteiger partial charge is 0.748 e. The lowest BCUT2D eigenvalue weighted by atomic mass is 10.2. The van der Waals surface area contributed by atoms with Crippen LogP contribution in [0.1, 0.15) is 5.56 Å². The zero-order chi connectivity index (χ0) is 16.6. The molecule has 23 heavy (non-hydrogen) atoms. The Kier molecular flexibility index (Phi) is 3.59. The summed E-state index contributed by atoms with van der Waals surface area (Å²) >= 11 is 0. The van der Waals surface area contributed by atoms with Crippen LogP contribution in [0.3, 0.4) is 0 Å². The van der Waals surface area contributed by atoms with Crippen molar-refractivity contribution in [3.05, 3.63) is 30.0 Å². The minimum Gasteiger partial charge on any atom is -0.748 e. The first-order valence-electron chi connectivity index (χ1n) is 6.58. The van der Waals surface area contributed by atoms with Gasteiger partial charge in [0.25, 0.3) is 0 Å². The predicted octanol–water partition coefficient (Wildman–Crippen LogP) is 0.131. The smallest absolute Gasteiger partial charge is 0.195 e. The highest BCUT2D eigenvalue weighted by Gasteiger charge is 2.11. The van der Waals surface area contributed by atoms with Gasteiger partial charge in [0.15, 0.2) is 5.65 Å². The monoisotopic (exact) mass is 331 g/mol. The molecule has 0 saturated carbocycles. The van der Waals surface area contributed by atoms with Gasteiger partial charge in [0.05, 0.1) is 27.6 Å². The van der Waals surface area contributed by atoms with E-state index < -0.39 is 15.9 Å². The average Bonchev–Trinajstić information content (AvgIpc) is 2.94. The SMILES string of the molecule is CN(CCS(=O)(=O)[O-])c1ccc2nnc3c(C#N)cnn3c2c1. The molecule has 1 aromatic carbocycles. The predicted molar refractivity (Wildman–Crippen MR) is 80.8 cm³/mol. The number of fused-ring (bicyclic) bond motifs is 3. The molecule has 2 aromatic heterocycles. The fourth-order valence-electron chi connectivity index (χ4n) is 2.18. The van der Waals surface area contributed by atoms with E-state index in [1.807, 2.05) is 6.07 Å². The first kappa shape index (κ1) is 15.1. The van der Waals surface area contributed by atoms with Gasteiger partial charge in [-0.1, -0.05) is 0 Å². The lowest BCUT2D eigenvalue weighted by Crippen LogP contribution is -2.25. The van der Waals surface area contributed by atoms with E-state index in [-0.39, 0.29) is 6.54 Å². The number of aromatic nitrogens is 4. The number of anilines is 1. The summed E-state index contributed by atoms with van der Waals surface area (Å²) in [5, 5.41) is 21.2. The van der Waals surface area contributed by atoms with Crippen LogP contribution in [0, 0.1) is 11.3 Å². The first-order chi connectivity index (χ1) is 10.9. The third-order valence-electron chi connectivity index (χ3n) is 3.42. The Hall–Kier alpha value is -2.77. The quantitative estimate of drug-likeness (QED) is 0.617. The van der Waals surface area contributed by atoms with Crippen LogP contribution in [0.5, 0.6) is 0 Å². The van der Waals surface area contributed by atoms with E-state index in [0.717, 1.165) is 0 Å². The third-order valence-corrected chi connectivity index (χ3v) is 4.10. The summed E-state index contributed by atoms with van der Waals surface area (Å²) < 4.78 is 33.7. The Morgan fingerprint density at radius 1 is 1.39 bits per heavy atom. The van der Waals surface area contributed by atoms with Crippen molar-refractivity contribution in [3.8, 4) is 6.07 Å². The van der Waals surface area contributed by atoms with Crippen LogP contribution >= 0.6 is 0 Å². The Morgan fingerprint density at radius 2 is 2.17 bits per heavy atom. The molecule has 118 valence electrons. The fraction of sp³-hybridized carbons (Fsp3) is 0.231. The van der Waals surface area contributed by atoms with Gasteiger partial charge in [-0.3, -0.25) is 0 Å². The molecule has 0 unspecified atom stereocenters. The summed E-state index contributed by atoms with van der Waals surface area (Å²) in [5.41, 5.74) is 2.58. The molecule has 0 atom stereocenters. The topological polar surface area (TPSA) is 127 Å². The van der Waals surface area contributed by atoms with Crippen molar-refractivity contribution < 1.29 is 13.0 Å². The molecule has 0 aliphatic rings. The molecule has 0 fully saturated rings. The van der Waals surface area contributed by atoms with Crippen molar-refractivity contribution in [2.45, 2.75) is 0 Å². The van der Waals surface area contributed by atoms with Crippen LogP contribution in [-0.2, 0) is 10.1 Å². The van der Waals surface area contributed by atoms with Gasteiger partial charge >= 0.3 is 0 Å². The maximum Gasteiger partial charge on any atom is 0.195 e. The average molecular weight is 331 g/mol. The van der Waals surface area contributed by atoms with E-state index in [1.165, 1.54) is 10.7 Å². The van der Waals surface area contributed by atoms with Gasteiger partial charge in [0, 0.05) is 19.3 Å². The molecule has 0 saturated heterocycles. The fourth-order valence-corrected chi connectivity index (χ4v) is 2.67. The molecule has 0 amide bonds. The number of rotatable bonds is 4. The minimum absolute atomic E-state index is 0.0710. The van der Waals surface area contributed by atoms with Crippen LogP contribution in [-0.4, -0.2) is 52.1 Å². The Bertz CT molecular complexity index is 1040. The summed E-state index contributed by atoms with van der Waals surface area (Å²) in [6, 6.07) is 7.20. The molecular formula is C13H11N6O3S-. The molecule has 0 N–H and O–H groups in total. The van der Waals surface area contributed by atoms with Gasteiger partial charge in [0.2, 0.25) is 0 Å². The number of hydrogen-bond acceptors (Lipinski definition) is 8. The van der Waals surface area contributed by atoms with Gasteiger partial charge in [-0.2, -0.15) is 10.4 Å². The van der Waals surface area contributed by atoms with Crippen molar-refractivity contribution in [1.29, 1.82) is 5.26 Å². The number of hydrogen-bond donors (Lipinski definition) is 0. The van der Waals surface area contributed by atoms with Crippen LogP contribution < -0.4 is 4.90 Å². The van der Waals surface area contributed by atoms with Crippen LogP contribution in [0.15, 0.2) is 24.4 Å². The Balaban J connectivity index is 2.05. The van der Waals surface area contributed by atoms with Crippen LogP contribution in [0.2, 0.25) is 0 Å².